The van der Waals surface area contributed by atoms with Gasteiger partial charge in [-0.2, -0.15) is 10.5 Å². The van der Waals surface area contributed by atoms with E-state index in [-0.39, 0.29) is 0 Å². The summed E-state index contributed by atoms with van der Waals surface area (Å²) in [6, 6.07) is 17.6. The van der Waals surface area contributed by atoms with E-state index < -0.39 is 0 Å². The molecule has 0 aromatic heterocycles. The van der Waals surface area contributed by atoms with Gasteiger partial charge in [0.05, 0.1) is 11.1 Å². The molecule has 0 atom stereocenters. The summed E-state index contributed by atoms with van der Waals surface area (Å²) in [6.45, 7) is 4.53. The minimum absolute atomic E-state index is 0.457. The topological polar surface area (TPSA) is 47.6 Å². The minimum Gasteiger partial charge on any atom is -0.192 e. The Balaban J connectivity index is 1.44. The van der Waals surface area contributed by atoms with Gasteiger partial charge in [0.2, 0.25) is 0 Å². The average Bonchev–Trinajstić information content (AvgIpc) is 2.93. The van der Waals surface area contributed by atoms with Crippen LogP contribution in [0.3, 0.4) is 0 Å². The number of hydrogen-bond donors (Lipinski definition) is 0. The van der Waals surface area contributed by atoms with Crippen LogP contribution in [0.25, 0.3) is 11.1 Å². The molecule has 2 nitrogen and oxygen atoms in total. The molecule has 5 rings (SSSR count). The van der Waals surface area contributed by atoms with Gasteiger partial charge in [-0.05, 0) is 98.1 Å². The van der Waals surface area contributed by atoms with Crippen molar-refractivity contribution >= 4 is 0 Å². The Labute approximate surface area is 219 Å². The lowest BCUT2D eigenvalue weighted by atomic mass is 9.51. The number of aryl methyl sites for hydroxylation is 2. The van der Waals surface area contributed by atoms with E-state index in [1.54, 1.807) is 0 Å². The lowest BCUT2D eigenvalue weighted by Crippen LogP contribution is -2.41. The van der Waals surface area contributed by atoms with Crippen LogP contribution in [0.15, 0.2) is 36.4 Å². The zero-order valence-electron chi connectivity index (χ0n) is 22.7. The smallest absolute Gasteiger partial charge is 0.101 e. The van der Waals surface area contributed by atoms with Crippen molar-refractivity contribution in [2.45, 2.75) is 117 Å². The zero-order valence-corrected chi connectivity index (χ0v) is 22.7. The summed E-state index contributed by atoms with van der Waals surface area (Å²) >= 11 is 0. The van der Waals surface area contributed by atoms with Gasteiger partial charge in [0.25, 0.3) is 0 Å². The van der Waals surface area contributed by atoms with Crippen molar-refractivity contribution in [1.82, 2.24) is 0 Å². The Bertz CT molecular complexity index is 1070. The first-order chi connectivity index (χ1) is 17.6. The van der Waals surface area contributed by atoms with E-state index in [0.29, 0.717) is 22.0 Å². The number of nitriles is 2. The number of nitrogens with zero attached hydrogens (tertiary/aromatic N) is 2. The average molecular weight is 481 g/mol. The van der Waals surface area contributed by atoms with Crippen molar-refractivity contribution in [1.29, 1.82) is 10.5 Å². The minimum atomic E-state index is 0.457. The van der Waals surface area contributed by atoms with E-state index in [1.165, 1.54) is 89.0 Å². The molecule has 190 valence electrons. The van der Waals surface area contributed by atoms with Crippen LogP contribution in [-0.2, 0) is 12.8 Å². The summed E-state index contributed by atoms with van der Waals surface area (Å²) in [4.78, 5) is 0. The lowest BCUT2D eigenvalue weighted by Gasteiger charge is -2.54. The summed E-state index contributed by atoms with van der Waals surface area (Å²) in [7, 11) is 0. The van der Waals surface area contributed by atoms with E-state index in [1.807, 2.05) is 0 Å². The first-order valence-corrected chi connectivity index (χ1v) is 14.6. The Hall–Kier alpha value is -2.58. The lowest BCUT2D eigenvalue weighted by molar-refractivity contribution is -0.0204. The summed E-state index contributed by atoms with van der Waals surface area (Å²) in [6.07, 6.45) is 20.7. The first kappa shape index (κ1) is 26.5. The molecule has 2 aromatic carbocycles. The molecule has 36 heavy (non-hydrogen) atoms. The summed E-state index contributed by atoms with van der Waals surface area (Å²) in [5.41, 5.74) is 6.57. The first-order valence-electron chi connectivity index (χ1n) is 14.6. The number of benzene rings is 2. The van der Waals surface area contributed by atoms with Crippen molar-refractivity contribution in [3.63, 3.8) is 0 Å². The molecule has 3 saturated carbocycles. The SMILES string of the molecule is CCCCCc1ccc(-c2ccc(CCC34CCC(CCCCC)(CC3)CC4)c(C#N)c2C#N)cc1. The van der Waals surface area contributed by atoms with Crippen LogP contribution in [0.4, 0.5) is 0 Å². The molecule has 3 fully saturated rings. The van der Waals surface area contributed by atoms with E-state index in [4.69, 9.17) is 0 Å². The maximum absolute atomic E-state index is 10.1. The monoisotopic (exact) mass is 480 g/mol. The highest BCUT2D eigenvalue weighted by Crippen LogP contribution is 2.60. The van der Waals surface area contributed by atoms with Crippen molar-refractivity contribution in [2.75, 3.05) is 0 Å². The Morgan fingerprint density at radius 3 is 1.81 bits per heavy atom. The Morgan fingerprint density at radius 1 is 0.639 bits per heavy atom. The molecule has 3 aliphatic rings. The molecule has 0 unspecified atom stereocenters. The van der Waals surface area contributed by atoms with Gasteiger partial charge in [-0.3, -0.25) is 0 Å². The maximum Gasteiger partial charge on any atom is 0.101 e. The van der Waals surface area contributed by atoms with Crippen LogP contribution in [0, 0.1) is 33.5 Å². The highest BCUT2D eigenvalue weighted by Gasteiger charge is 2.47. The second-order valence-electron chi connectivity index (χ2n) is 11.9. The van der Waals surface area contributed by atoms with Crippen LogP contribution >= 0.6 is 0 Å². The molecule has 2 heteroatoms. The molecule has 0 radical (unpaired) electrons. The fraction of sp³-hybridized carbons (Fsp3) is 0.588. The van der Waals surface area contributed by atoms with Gasteiger partial charge in [0, 0.05) is 5.56 Å². The van der Waals surface area contributed by atoms with Gasteiger partial charge in [-0.15, -0.1) is 0 Å². The normalized spacial score (nSPS) is 22.8. The molecule has 0 heterocycles. The highest BCUT2D eigenvalue weighted by atomic mass is 14.5. The molecular formula is C34H44N2. The molecule has 0 aliphatic heterocycles. The molecular weight excluding hydrogens is 436 g/mol. The van der Waals surface area contributed by atoms with Crippen LogP contribution < -0.4 is 0 Å². The fourth-order valence-corrected chi connectivity index (χ4v) is 7.01. The van der Waals surface area contributed by atoms with Gasteiger partial charge in [-0.1, -0.05) is 82.3 Å². The predicted molar refractivity (Wildman–Crippen MR) is 150 cm³/mol. The highest BCUT2D eigenvalue weighted by molar-refractivity contribution is 5.75. The molecule has 0 spiro atoms. The van der Waals surface area contributed by atoms with Gasteiger partial charge in [0.1, 0.15) is 12.1 Å². The largest absolute Gasteiger partial charge is 0.192 e. The third-order valence-electron chi connectivity index (χ3n) is 9.64. The van der Waals surface area contributed by atoms with Crippen molar-refractivity contribution < 1.29 is 0 Å². The van der Waals surface area contributed by atoms with Gasteiger partial charge >= 0.3 is 0 Å². The molecule has 0 amide bonds. The predicted octanol–water partition coefficient (Wildman–Crippen LogP) is 9.68. The number of hydrogen-bond acceptors (Lipinski definition) is 2. The van der Waals surface area contributed by atoms with E-state index in [9.17, 15) is 10.5 Å². The molecule has 2 aromatic rings. The number of unbranched alkanes of at least 4 members (excludes halogenated alkanes) is 4. The summed E-state index contributed by atoms with van der Waals surface area (Å²) in [5, 5.41) is 20.1. The third-order valence-corrected chi connectivity index (χ3v) is 9.64. The quantitative estimate of drug-likeness (QED) is 0.284. The van der Waals surface area contributed by atoms with E-state index in [2.05, 4.69) is 62.4 Å². The van der Waals surface area contributed by atoms with Gasteiger partial charge < -0.3 is 0 Å². The van der Waals surface area contributed by atoms with Crippen molar-refractivity contribution in [3.05, 3.63) is 58.7 Å². The fourth-order valence-electron chi connectivity index (χ4n) is 7.01. The van der Waals surface area contributed by atoms with Gasteiger partial charge in [-0.25, -0.2) is 0 Å². The number of rotatable bonds is 12. The van der Waals surface area contributed by atoms with E-state index >= 15 is 0 Å². The van der Waals surface area contributed by atoms with Crippen molar-refractivity contribution in [3.8, 4) is 23.3 Å². The van der Waals surface area contributed by atoms with Gasteiger partial charge in [0.15, 0.2) is 0 Å². The van der Waals surface area contributed by atoms with Crippen LogP contribution in [-0.4, -0.2) is 0 Å². The molecule has 0 saturated heterocycles. The zero-order chi connectivity index (χ0) is 25.4. The standard InChI is InChI=1S/C34H44N2/c1-3-5-7-9-27-10-12-28(13-11-27)30-15-14-29(31(25-35)32(30)26-36)16-18-34-22-19-33(20-23-34,21-24-34)17-8-6-4-2/h10-15H,3-9,16-24H2,1-2H3. The van der Waals surface area contributed by atoms with Crippen LogP contribution in [0.5, 0.6) is 0 Å². The van der Waals surface area contributed by atoms with Crippen LogP contribution in [0.1, 0.15) is 126 Å². The number of fused-ring (bicyclic) bond motifs is 3. The second kappa shape index (κ2) is 12.1. The van der Waals surface area contributed by atoms with Crippen molar-refractivity contribution in [2.24, 2.45) is 10.8 Å². The molecule has 2 bridgehead atoms. The maximum atomic E-state index is 10.1. The van der Waals surface area contributed by atoms with Crippen LogP contribution in [0.2, 0.25) is 0 Å². The molecule has 0 N–H and O–H groups in total. The Kier molecular flexibility index (Phi) is 8.90. The Morgan fingerprint density at radius 2 is 1.22 bits per heavy atom. The van der Waals surface area contributed by atoms with E-state index in [0.717, 1.165) is 36.0 Å². The third kappa shape index (κ3) is 5.86. The second-order valence-corrected chi connectivity index (χ2v) is 11.9. The molecule has 3 aliphatic carbocycles. The summed E-state index contributed by atoms with van der Waals surface area (Å²) in [5.74, 6) is 0. The summed E-state index contributed by atoms with van der Waals surface area (Å²) < 4.78 is 0.